The van der Waals surface area contributed by atoms with E-state index in [1.807, 2.05) is 30.3 Å². The SMILES string of the molecule is CCCNCCC1CCC(NC(=O)/C=C/c2ccc(OC)cc2)CC1. The molecule has 0 bridgehead atoms. The molecule has 0 saturated heterocycles. The first-order valence-electron chi connectivity index (χ1n) is 9.54. The van der Waals surface area contributed by atoms with Crippen LogP contribution in [0, 0.1) is 5.92 Å². The number of nitrogens with one attached hydrogen (secondary N) is 2. The van der Waals surface area contributed by atoms with Crippen LogP contribution >= 0.6 is 0 Å². The number of rotatable bonds is 9. The summed E-state index contributed by atoms with van der Waals surface area (Å²) in [5.41, 5.74) is 0.999. The van der Waals surface area contributed by atoms with Crippen LogP contribution < -0.4 is 15.4 Å². The van der Waals surface area contributed by atoms with Crippen molar-refractivity contribution < 1.29 is 9.53 Å². The van der Waals surface area contributed by atoms with Gasteiger partial charge in [-0.25, -0.2) is 0 Å². The van der Waals surface area contributed by atoms with Gasteiger partial charge in [0.15, 0.2) is 0 Å². The number of ether oxygens (including phenoxy) is 1. The molecule has 0 radical (unpaired) electrons. The second-order valence-corrected chi connectivity index (χ2v) is 6.87. The molecule has 1 aliphatic rings. The zero-order valence-electron chi connectivity index (χ0n) is 15.6. The molecule has 2 N–H and O–H groups in total. The summed E-state index contributed by atoms with van der Waals surface area (Å²) in [4.78, 5) is 12.1. The lowest BCUT2D eigenvalue weighted by molar-refractivity contribution is -0.117. The molecule has 0 aliphatic heterocycles. The Kier molecular flexibility index (Phi) is 8.53. The van der Waals surface area contributed by atoms with E-state index in [0.29, 0.717) is 6.04 Å². The van der Waals surface area contributed by atoms with Crippen LogP contribution in [0.25, 0.3) is 6.08 Å². The van der Waals surface area contributed by atoms with Crippen molar-refractivity contribution in [1.29, 1.82) is 0 Å². The van der Waals surface area contributed by atoms with Crippen molar-refractivity contribution in [2.45, 2.75) is 51.5 Å². The third-order valence-electron chi connectivity index (χ3n) is 4.89. The molecule has 1 saturated carbocycles. The molecule has 2 rings (SSSR count). The van der Waals surface area contributed by atoms with Gasteiger partial charge in [0.2, 0.25) is 5.91 Å². The molecule has 0 atom stereocenters. The first-order chi connectivity index (χ1) is 12.2. The smallest absolute Gasteiger partial charge is 0.244 e. The predicted octanol–water partition coefficient (Wildman–Crippen LogP) is 3.77. The minimum absolute atomic E-state index is 0.00359. The van der Waals surface area contributed by atoms with Crippen LogP contribution in [0.1, 0.15) is 51.0 Å². The molecular formula is C21H32N2O2. The molecule has 138 valence electrons. The highest BCUT2D eigenvalue weighted by Crippen LogP contribution is 2.26. The van der Waals surface area contributed by atoms with E-state index in [1.165, 1.54) is 25.7 Å². The Balaban J connectivity index is 1.66. The van der Waals surface area contributed by atoms with Gasteiger partial charge in [-0.3, -0.25) is 4.79 Å². The number of methoxy groups -OCH3 is 1. The maximum Gasteiger partial charge on any atom is 0.244 e. The molecular weight excluding hydrogens is 312 g/mol. The van der Waals surface area contributed by atoms with Gasteiger partial charge in [0.1, 0.15) is 5.75 Å². The molecule has 1 aliphatic carbocycles. The van der Waals surface area contributed by atoms with Crippen LogP contribution in [-0.4, -0.2) is 32.1 Å². The third kappa shape index (κ3) is 7.30. The van der Waals surface area contributed by atoms with E-state index >= 15 is 0 Å². The Morgan fingerprint density at radius 1 is 1.16 bits per heavy atom. The largest absolute Gasteiger partial charge is 0.497 e. The fraction of sp³-hybridized carbons (Fsp3) is 0.571. The van der Waals surface area contributed by atoms with Gasteiger partial charge < -0.3 is 15.4 Å². The van der Waals surface area contributed by atoms with Crippen LogP contribution in [-0.2, 0) is 4.79 Å². The normalized spacial score (nSPS) is 20.6. The van der Waals surface area contributed by atoms with E-state index in [9.17, 15) is 4.79 Å². The van der Waals surface area contributed by atoms with E-state index in [1.54, 1.807) is 13.2 Å². The maximum absolute atomic E-state index is 12.1. The fourth-order valence-electron chi connectivity index (χ4n) is 3.34. The Morgan fingerprint density at radius 2 is 1.88 bits per heavy atom. The average molecular weight is 344 g/mol. The van der Waals surface area contributed by atoms with Crippen molar-refractivity contribution >= 4 is 12.0 Å². The first-order valence-corrected chi connectivity index (χ1v) is 9.54. The summed E-state index contributed by atoms with van der Waals surface area (Å²) in [7, 11) is 1.65. The topological polar surface area (TPSA) is 50.4 Å². The standard InChI is InChI=1S/C21H32N2O2/c1-3-15-22-16-14-18-4-9-19(10-5-18)23-21(24)13-8-17-6-11-20(25-2)12-7-17/h6-8,11-13,18-19,22H,3-5,9-10,14-16H2,1-2H3,(H,23,24)/b13-8+. The molecule has 1 amide bonds. The van der Waals surface area contributed by atoms with Gasteiger partial charge in [-0.1, -0.05) is 19.1 Å². The minimum atomic E-state index is 0.00359. The number of benzene rings is 1. The molecule has 0 heterocycles. The molecule has 0 unspecified atom stereocenters. The number of hydrogen-bond donors (Lipinski definition) is 2. The van der Waals surface area contributed by atoms with Gasteiger partial charge in [0, 0.05) is 12.1 Å². The molecule has 25 heavy (non-hydrogen) atoms. The number of amides is 1. The Morgan fingerprint density at radius 3 is 2.52 bits per heavy atom. The summed E-state index contributed by atoms with van der Waals surface area (Å²) in [6.45, 7) is 4.44. The van der Waals surface area contributed by atoms with Crippen molar-refractivity contribution in [3.8, 4) is 5.75 Å². The van der Waals surface area contributed by atoms with Gasteiger partial charge in [0.25, 0.3) is 0 Å². The third-order valence-corrected chi connectivity index (χ3v) is 4.89. The lowest BCUT2D eigenvalue weighted by atomic mass is 9.84. The number of carbonyl (C=O) groups excluding carboxylic acids is 1. The number of carbonyl (C=O) groups is 1. The van der Waals surface area contributed by atoms with E-state index in [-0.39, 0.29) is 5.91 Å². The predicted molar refractivity (Wildman–Crippen MR) is 104 cm³/mol. The zero-order chi connectivity index (χ0) is 17.9. The van der Waals surface area contributed by atoms with Gasteiger partial charge in [-0.05, 0) is 81.3 Å². The Bertz CT molecular complexity index is 531. The molecule has 4 nitrogen and oxygen atoms in total. The minimum Gasteiger partial charge on any atom is -0.497 e. The first kappa shape index (κ1) is 19.5. The molecule has 4 heteroatoms. The molecule has 1 aromatic rings. The average Bonchev–Trinajstić information content (AvgIpc) is 2.65. The second kappa shape index (κ2) is 10.9. The summed E-state index contributed by atoms with van der Waals surface area (Å²) in [5.74, 6) is 1.64. The molecule has 1 fully saturated rings. The number of hydrogen-bond acceptors (Lipinski definition) is 3. The monoisotopic (exact) mass is 344 g/mol. The van der Waals surface area contributed by atoms with Gasteiger partial charge >= 0.3 is 0 Å². The van der Waals surface area contributed by atoms with Crippen molar-refractivity contribution in [1.82, 2.24) is 10.6 Å². The van der Waals surface area contributed by atoms with Crippen molar-refractivity contribution in [2.24, 2.45) is 5.92 Å². The zero-order valence-corrected chi connectivity index (χ0v) is 15.6. The lowest BCUT2D eigenvalue weighted by Gasteiger charge is -2.28. The highest BCUT2D eigenvalue weighted by molar-refractivity contribution is 5.91. The van der Waals surface area contributed by atoms with E-state index in [4.69, 9.17) is 4.74 Å². The van der Waals surface area contributed by atoms with Crippen LogP contribution in [0.5, 0.6) is 5.75 Å². The van der Waals surface area contributed by atoms with Gasteiger partial charge in [-0.15, -0.1) is 0 Å². The highest BCUT2D eigenvalue weighted by Gasteiger charge is 2.21. The lowest BCUT2D eigenvalue weighted by Crippen LogP contribution is -2.37. The van der Waals surface area contributed by atoms with Crippen LogP contribution in [0.2, 0.25) is 0 Å². The van der Waals surface area contributed by atoms with Crippen LogP contribution in [0.3, 0.4) is 0 Å². The van der Waals surface area contributed by atoms with Crippen LogP contribution in [0.15, 0.2) is 30.3 Å². The second-order valence-electron chi connectivity index (χ2n) is 6.87. The van der Waals surface area contributed by atoms with Gasteiger partial charge in [0.05, 0.1) is 7.11 Å². The molecule has 0 spiro atoms. The summed E-state index contributed by atoms with van der Waals surface area (Å²) in [6.07, 6.45) is 10.6. The highest BCUT2D eigenvalue weighted by atomic mass is 16.5. The van der Waals surface area contributed by atoms with Gasteiger partial charge in [-0.2, -0.15) is 0 Å². The Labute approximate surface area is 152 Å². The van der Waals surface area contributed by atoms with Crippen LogP contribution in [0.4, 0.5) is 0 Å². The molecule has 1 aromatic carbocycles. The quantitative estimate of drug-likeness (QED) is 0.529. The van der Waals surface area contributed by atoms with E-state index in [2.05, 4.69) is 17.6 Å². The fourth-order valence-corrected chi connectivity index (χ4v) is 3.34. The summed E-state index contributed by atoms with van der Waals surface area (Å²) >= 11 is 0. The van der Waals surface area contributed by atoms with Crippen molar-refractivity contribution in [3.05, 3.63) is 35.9 Å². The molecule has 0 aromatic heterocycles. The van der Waals surface area contributed by atoms with Crippen molar-refractivity contribution in [3.63, 3.8) is 0 Å². The van der Waals surface area contributed by atoms with Crippen molar-refractivity contribution in [2.75, 3.05) is 20.2 Å². The summed E-state index contributed by atoms with van der Waals surface area (Å²) in [6, 6.07) is 8.01. The maximum atomic E-state index is 12.1. The summed E-state index contributed by atoms with van der Waals surface area (Å²) < 4.78 is 5.13. The van der Waals surface area contributed by atoms with E-state index < -0.39 is 0 Å². The Hall–Kier alpha value is -1.81. The van der Waals surface area contributed by atoms with E-state index in [0.717, 1.165) is 43.2 Å². The summed E-state index contributed by atoms with van der Waals surface area (Å²) in [5, 5.41) is 6.62.